The lowest BCUT2D eigenvalue weighted by Gasteiger charge is -2.75. The summed E-state index contributed by atoms with van der Waals surface area (Å²) in [6.07, 6.45) is 5.23. The van der Waals surface area contributed by atoms with E-state index in [1.165, 1.54) is 11.1 Å². The van der Waals surface area contributed by atoms with Gasteiger partial charge in [0.15, 0.2) is 6.29 Å². The molecule has 1 aromatic rings. The molecule has 57 heavy (non-hydrogen) atoms. The molecule has 1 saturated heterocycles. The number of aliphatic carboxylic acids is 1. The molecule has 16 unspecified atom stereocenters. The van der Waals surface area contributed by atoms with Gasteiger partial charge in [-0.3, -0.25) is 4.79 Å². The highest BCUT2D eigenvalue weighted by molar-refractivity contribution is 5.76. The van der Waals surface area contributed by atoms with E-state index in [-0.39, 0.29) is 65.2 Å². The Kier molecular flexibility index (Phi) is 10.9. The maximum absolute atomic E-state index is 13.3. The molecule has 0 amide bonds. The van der Waals surface area contributed by atoms with Gasteiger partial charge in [-0.25, -0.2) is 0 Å². The minimum atomic E-state index is -1.47. The van der Waals surface area contributed by atoms with E-state index in [1.54, 1.807) is 0 Å². The molecule has 6 fully saturated rings. The van der Waals surface area contributed by atoms with Crippen LogP contribution in [0.15, 0.2) is 35.9 Å². The minimum Gasteiger partial charge on any atom is -0.481 e. The Morgan fingerprint density at radius 2 is 1.61 bits per heavy atom. The maximum atomic E-state index is 13.3. The third kappa shape index (κ3) is 6.26. The SMILES string of the molecule is CNCc1ccc(COC2CC3(C)C(CCC45CCCC(C=C6C7CC(C)(CO)CCC7(C(=O)O)CCC64C)C35)C(C)(CO)C2OC2OCC(O)C(O)C2O)cc1. The standard InChI is InChI=1S/C46H69NO10/c1-41(25-48)15-17-45(40(53)54)18-16-44(4)30(31(45)20-41)19-29-7-6-13-46(44)14-12-34-42(2,37(29)46)21-33(55-23-28-10-8-27(9-11-28)22-47-5)38(43(34,3)26-49)57-39-36(52)35(51)32(50)24-56-39/h8-11,19,29,31-39,47-52H,6-7,12-18,20-26H2,1-5H3,(H,53,54). The fourth-order valence-corrected chi connectivity index (χ4v) is 14.9. The first-order valence-electron chi connectivity index (χ1n) is 21.9. The van der Waals surface area contributed by atoms with Crippen LogP contribution in [0, 0.1) is 56.2 Å². The Labute approximate surface area is 338 Å². The van der Waals surface area contributed by atoms with Gasteiger partial charge in [-0.2, -0.15) is 0 Å². The molecule has 7 N–H and O–H groups in total. The number of hydrogen-bond acceptors (Lipinski definition) is 10. The molecule has 11 heteroatoms. The number of hydrogen-bond donors (Lipinski definition) is 7. The predicted octanol–water partition coefficient (Wildman–Crippen LogP) is 4.95. The Bertz CT molecular complexity index is 1690. The highest BCUT2D eigenvalue weighted by Gasteiger charge is 2.74. The number of carboxylic acid groups (broad SMARTS) is 1. The van der Waals surface area contributed by atoms with Crippen LogP contribution in [-0.4, -0.2) is 100 Å². The van der Waals surface area contributed by atoms with Gasteiger partial charge in [-0.1, -0.05) is 70.0 Å². The minimum absolute atomic E-state index is 0.0308. The molecule has 8 rings (SSSR count). The lowest BCUT2D eigenvalue weighted by molar-refractivity contribution is -0.336. The van der Waals surface area contributed by atoms with Crippen LogP contribution in [0.2, 0.25) is 0 Å². The number of carbonyl (C=O) groups is 1. The predicted molar refractivity (Wildman–Crippen MR) is 212 cm³/mol. The molecular formula is C46H69NO10. The Balaban J connectivity index is 1.20. The molecule has 2 bridgehead atoms. The lowest BCUT2D eigenvalue weighted by Crippen LogP contribution is -2.71. The summed E-state index contributed by atoms with van der Waals surface area (Å²) in [6.45, 7) is 9.92. The maximum Gasteiger partial charge on any atom is 0.310 e. The van der Waals surface area contributed by atoms with Crippen LogP contribution in [0.3, 0.4) is 0 Å². The van der Waals surface area contributed by atoms with Crippen molar-refractivity contribution in [3.05, 3.63) is 47.0 Å². The highest BCUT2D eigenvalue weighted by Crippen LogP contribution is 2.79. The molecule has 5 saturated carbocycles. The van der Waals surface area contributed by atoms with Crippen molar-refractivity contribution in [3.8, 4) is 0 Å². The van der Waals surface area contributed by atoms with Gasteiger partial charge in [0.05, 0.1) is 37.4 Å². The second-order valence-corrected chi connectivity index (χ2v) is 20.8. The van der Waals surface area contributed by atoms with Crippen LogP contribution in [0.4, 0.5) is 0 Å². The van der Waals surface area contributed by atoms with Crippen molar-refractivity contribution in [3.63, 3.8) is 0 Å². The first-order valence-corrected chi connectivity index (χ1v) is 21.9. The third-order valence-electron chi connectivity index (χ3n) is 17.9. The van der Waals surface area contributed by atoms with Gasteiger partial charge in [-0.05, 0) is 128 Å². The Morgan fingerprint density at radius 1 is 0.895 bits per heavy atom. The number of benzene rings is 1. The molecule has 1 heterocycles. The number of aliphatic hydroxyl groups excluding tert-OH is 5. The second-order valence-electron chi connectivity index (χ2n) is 20.8. The summed E-state index contributed by atoms with van der Waals surface area (Å²) < 4.78 is 19.6. The number of fused-ring (bicyclic) bond motifs is 4. The van der Waals surface area contributed by atoms with Crippen LogP contribution in [-0.2, 0) is 32.2 Å². The summed E-state index contributed by atoms with van der Waals surface area (Å²) in [4.78, 5) is 13.3. The van der Waals surface area contributed by atoms with Crippen LogP contribution in [0.25, 0.3) is 0 Å². The summed E-state index contributed by atoms with van der Waals surface area (Å²) in [5.41, 5.74) is 1.05. The molecule has 0 spiro atoms. The fraction of sp³-hybridized carbons (Fsp3) is 0.804. The van der Waals surface area contributed by atoms with E-state index in [4.69, 9.17) is 14.2 Å². The normalized spacial score (nSPS) is 49.1. The largest absolute Gasteiger partial charge is 0.481 e. The zero-order valence-corrected chi connectivity index (χ0v) is 34.8. The van der Waals surface area contributed by atoms with Gasteiger partial charge in [0.1, 0.15) is 18.3 Å². The second kappa shape index (κ2) is 14.9. The molecule has 1 aliphatic heterocycles. The Morgan fingerprint density at radius 3 is 2.30 bits per heavy atom. The first-order chi connectivity index (χ1) is 27.0. The zero-order chi connectivity index (χ0) is 40.8. The van der Waals surface area contributed by atoms with Crippen molar-refractivity contribution in [2.45, 2.75) is 148 Å². The summed E-state index contributed by atoms with van der Waals surface area (Å²) in [5, 5.41) is 68.4. The van der Waals surface area contributed by atoms with Crippen molar-refractivity contribution in [2.24, 2.45) is 56.2 Å². The third-order valence-corrected chi connectivity index (χ3v) is 17.9. The summed E-state index contributed by atoms with van der Waals surface area (Å²) >= 11 is 0. The van der Waals surface area contributed by atoms with Gasteiger partial charge in [0, 0.05) is 18.6 Å². The van der Waals surface area contributed by atoms with Crippen molar-refractivity contribution in [1.82, 2.24) is 5.32 Å². The van der Waals surface area contributed by atoms with E-state index in [9.17, 15) is 35.4 Å². The van der Waals surface area contributed by atoms with E-state index in [1.807, 2.05) is 7.05 Å². The van der Waals surface area contributed by atoms with E-state index in [0.717, 1.165) is 57.1 Å². The van der Waals surface area contributed by atoms with Crippen LogP contribution in [0.5, 0.6) is 0 Å². The number of carboxylic acids is 1. The summed E-state index contributed by atoms with van der Waals surface area (Å²) in [5.74, 6) is -0.255. The number of aliphatic hydroxyl groups is 5. The van der Waals surface area contributed by atoms with E-state index < -0.39 is 53.6 Å². The van der Waals surface area contributed by atoms with Crippen LogP contribution >= 0.6 is 0 Å². The van der Waals surface area contributed by atoms with Gasteiger partial charge in [0.25, 0.3) is 0 Å². The van der Waals surface area contributed by atoms with Crippen molar-refractivity contribution in [1.29, 1.82) is 0 Å². The summed E-state index contributed by atoms with van der Waals surface area (Å²) in [7, 11) is 1.92. The quantitative estimate of drug-likeness (QED) is 0.126. The topological polar surface area (TPSA) is 178 Å². The number of nitrogens with one attached hydrogen (secondary N) is 1. The number of ether oxygens (including phenoxy) is 3. The number of rotatable bonds is 10. The average Bonchev–Trinajstić information content (AvgIpc) is 3.19. The van der Waals surface area contributed by atoms with Crippen LogP contribution in [0.1, 0.15) is 109 Å². The molecule has 0 aromatic heterocycles. The van der Waals surface area contributed by atoms with Gasteiger partial charge < -0.3 is 50.2 Å². The lowest BCUT2D eigenvalue weighted by atomic mass is 9.29. The molecule has 0 radical (unpaired) electrons. The van der Waals surface area contributed by atoms with Gasteiger partial charge in [0.2, 0.25) is 0 Å². The van der Waals surface area contributed by atoms with Crippen LogP contribution < -0.4 is 5.32 Å². The zero-order valence-electron chi connectivity index (χ0n) is 34.8. The Hall–Kier alpha value is -1.93. The first kappa shape index (κ1) is 41.8. The van der Waals surface area contributed by atoms with E-state index in [0.29, 0.717) is 32.3 Å². The molecule has 16 atom stereocenters. The highest BCUT2D eigenvalue weighted by atomic mass is 16.7. The molecule has 1 aromatic carbocycles. The fourth-order valence-electron chi connectivity index (χ4n) is 14.9. The van der Waals surface area contributed by atoms with Crippen molar-refractivity contribution < 1.29 is 49.6 Å². The van der Waals surface area contributed by atoms with E-state index in [2.05, 4.69) is 63.4 Å². The van der Waals surface area contributed by atoms with Crippen molar-refractivity contribution in [2.75, 3.05) is 26.9 Å². The molecule has 7 aliphatic rings. The molecule has 6 aliphatic carbocycles. The monoisotopic (exact) mass is 795 g/mol. The van der Waals surface area contributed by atoms with Crippen molar-refractivity contribution >= 4 is 5.97 Å². The van der Waals surface area contributed by atoms with Gasteiger partial charge >= 0.3 is 5.97 Å². The average molecular weight is 796 g/mol. The molecule has 11 nitrogen and oxygen atoms in total. The molecule has 318 valence electrons. The smallest absolute Gasteiger partial charge is 0.310 e. The summed E-state index contributed by atoms with van der Waals surface area (Å²) in [6, 6.07) is 8.34. The molecular weight excluding hydrogens is 727 g/mol. The number of allylic oxidation sites excluding steroid dienone is 2. The van der Waals surface area contributed by atoms with E-state index >= 15 is 0 Å². The van der Waals surface area contributed by atoms with Gasteiger partial charge in [-0.15, -0.1) is 0 Å².